The molecule has 1 aromatic carbocycles. The summed E-state index contributed by atoms with van der Waals surface area (Å²) in [6.45, 7) is 2.08. The van der Waals surface area contributed by atoms with Crippen LogP contribution in [-0.2, 0) is 6.54 Å². The molecule has 0 fully saturated rings. The fraction of sp³-hybridized carbons (Fsp3) is 0.154. The third kappa shape index (κ3) is 3.71. The highest BCUT2D eigenvalue weighted by Crippen LogP contribution is 2.27. The summed E-state index contributed by atoms with van der Waals surface area (Å²) in [5.74, 6) is 0. The van der Waals surface area contributed by atoms with Crippen molar-refractivity contribution in [2.24, 2.45) is 10.8 Å². The fourth-order valence-corrected chi connectivity index (χ4v) is 2.61. The molecule has 0 aliphatic carbocycles. The van der Waals surface area contributed by atoms with Crippen molar-refractivity contribution < 1.29 is 4.79 Å². The zero-order chi connectivity index (χ0) is 16.3. The summed E-state index contributed by atoms with van der Waals surface area (Å²) in [4.78, 5) is 10.6. The van der Waals surface area contributed by atoms with E-state index < -0.39 is 6.03 Å². The third-order valence-corrected chi connectivity index (χ3v) is 3.95. The zero-order valence-corrected chi connectivity index (χ0v) is 13.7. The number of carbonyl (C=O) groups excluding carboxylic acids is 1. The largest absolute Gasteiger partial charge is 0.350 e. The molecule has 2 rings (SSSR count). The summed E-state index contributed by atoms with van der Waals surface area (Å²) in [5, 5.41) is 9.41. The van der Waals surface area contributed by atoms with E-state index in [2.05, 4.69) is 15.6 Å². The van der Waals surface area contributed by atoms with E-state index in [0.29, 0.717) is 38.6 Å². The number of aryl methyl sites for hydroxylation is 1. The normalized spacial score (nSPS) is 11.1. The van der Waals surface area contributed by atoms with Crippen LogP contribution in [0.4, 0.5) is 4.79 Å². The van der Waals surface area contributed by atoms with Crippen molar-refractivity contribution in [3.05, 3.63) is 50.2 Å². The molecule has 1 heterocycles. The highest BCUT2D eigenvalue weighted by molar-refractivity contribution is 6.36. The Labute approximate surface area is 141 Å². The number of urea groups is 1. The number of carbonyl (C=O) groups is 1. The Hall–Kier alpha value is -1.76. The number of hydrazone groups is 1. The molecule has 0 bridgehead atoms. The molecule has 6 nitrogen and oxygen atoms in total. The van der Waals surface area contributed by atoms with E-state index in [1.54, 1.807) is 29.8 Å². The minimum atomic E-state index is -0.764. The Morgan fingerprint density at radius 1 is 1.41 bits per heavy atom. The molecule has 0 atom stereocenters. The van der Waals surface area contributed by atoms with E-state index in [0.717, 1.165) is 0 Å². The molecule has 0 aliphatic rings. The summed E-state index contributed by atoms with van der Waals surface area (Å²) in [6, 6.07) is 4.48. The van der Waals surface area contributed by atoms with Gasteiger partial charge in [-0.3, -0.25) is 0 Å². The average molecular weight is 361 g/mol. The Morgan fingerprint density at radius 3 is 2.64 bits per heavy atom. The first kappa shape index (κ1) is 16.6. The standard InChI is InChI=1S/C13H12Cl3N5O/c1-7-8(5-18-19-13(17)22)12(16)21(20-7)6-9-10(14)3-2-4-11(9)15/h2-5H,6H2,1H3,(H3,17,19,22)/b18-5-. The number of primary amides is 1. The van der Waals surface area contributed by atoms with E-state index in [9.17, 15) is 4.79 Å². The Balaban J connectivity index is 2.30. The molecule has 3 N–H and O–H groups in total. The quantitative estimate of drug-likeness (QED) is 0.648. The first-order valence-corrected chi connectivity index (χ1v) is 7.28. The van der Waals surface area contributed by atoms with Crippen LogP contribution in [0.3, 0.4) is 0 Å². The summed E-state index contributed by atoms with van der Waals surface area (Å²) in [7, 11) is 0. The van der Waals surface area contributed by atoms with Gasteiger partial charge < -0.3 is 5.73 Å². The van der Waals surface area contributed by atoms with Gasteiger partial charge in [-0.15, -0.1) is 0 Å². The molecule has 9 heteroatoms. The predicted octanol–water partition coefficient (Wildman–Crippen LogP) is 3.20. The van der Waals surface area contributed by atoms with Crippen molar-refractivity contribution >= 4 is 47.0 Å². The van der Waals surface area contributed by atoms with Crippen LogP contribution in [0.2, 0.25) is 15.2 Å². The molecule has 2 amide bonds. The number of halogens is 3. The van der Waals surface area contributed by atoms with Gasteiger partial charge in [0, 0.05) is 15.6 Å². The van der Waals surface area contributed by atoms with Gasteiger partial charge in [-0.25, -0.2) is 14.9 Å². The Bertz CT molecular complexity index is 721. The number of rotatable bonds is 4. The summed E-state index contributed by atoms with van der Waals surface area (Å²) in [6.07, 6.45) is 1.38. The lowest BCUT2D eigenvalue weighted by Gasteiger charge is -2.08. The summed E-state index contributed by atoms with van der Waals surface area (Å²) >= 11 is 18.6. The average Bonchev–Trinajstić information content (AvgIpc) is 2.70. The minimum absolute atomic E-state index is 0.315. The lowest BCUT2D eigenvalue weighted by Crippen LogP contribution is -2.24. The summed E-state index contributed by atoms with van der Waals surface area (Å²) in [5.41, 5.74) is 8.95. The molecule has 0 saturated carbocycles. The maximum absolute atomic E-state index is 10.6. The molecule has 0 unspecified atom stereocenters. The van der Waals surface area contributed by atoms with E-state index in [-0.39, 0.29) is 0 Å². The molecule has 22 heavy (non-hydrogen) atoms. The Kier molecular flexibility index (Phi) is 5.28. The number of nitrogens with one attached hydrogen (secondary N) is 1. The molecule has 0 spiro atoms. The number of hydrogen-bond acceptors (Lipinski definition) is 3. The summed E-state index contributed by atoms with van der Waals surface area (Å²) < 4.78 is 1.55. The number of amides is 2. The van der Waals surface area contributed by atoms with Crippen molar-refractivity contribution in [3.63, 3.8) is 0 Å². The first-order valence-electron chi connectivity index (χ1n) is 6.14. The van der Waals surface area contributed by atoms with Crippen LogP contribution in [0.5, 0.6) is 0 Å². The smallest absolute Gasteiger partial charge is 0.332 e. The number of benzene rings is 1. The van der Waals surface area contributed by atoms with Crippen molar-refractivity contribution in [2.45, 2.75) is 13.5 Å². The fourth-order valence-electron chi connectivity index (χ4n) is 1.81. The minimum Gasteiger partial charge on any atom is -0.350 e. The third-order valence-electron chi connectivity index (χ3n) is 2.85. The number of nitrogens with zero attached hydrogens (tertiary/aromatic N) is 3. The second-order valence-corrected chi connectivity index (χ2v) is 5.55. The maximum atomic E-state index is 10.6. The van der Waals surface area contributed by atoms with Gasteiger partial charge in [0.2, 0.25) is 0 Å². The van der Waals surface area contributed by atoms with Crippen molar-refractivity contribution in [3.8, 4) is 0 Å². The highest BCUT2D eigenvalue weighted by Gasteiger charge is 2.14. The van der Waals surface area contributed by atoms with Crippen LogP contribution in [0, 0.1) is 6.92 Å². The molecular formula is C13H12Cl3N5O. The van der Waals surface area contributed by atoms with E-state index in [4.69, 9.17) is 40.5 Å². The van der Waals surface area contributed by atoms with Crippen LogP contribution in [0.25, 0.3) is 0 Å². The molecule has 2 aromatic rings. The van der Waals surface area contributed by atoms with Gasteiger partial charge in [0.25, 0.3) is 0 Å². The molecule has 0 radical (unpaired) electrons. The molecule has 0 aliphatic heterocycles. The van der Waals surface area contributed by atoms with Crippen molar-refractivity contribution in [1.82, 2.24) is 15.2 Å². The molecule has 0 saturated heterocycles. The van der Waals surface area contributed by atoms with Crippen LogP contribution in [-0.4, -0.2) is 22.0 Å². The maximum Gasteiger partial charge on any atom is 0.332 e. The van der Waals surface area contributed by atoms with Crippen LogP contribution in [0.1, 0.15) is 16.8 Å². The van der Waals surface area contributed by atoms with Gasteiger partial charge in [-0.05, 0) is 19.1 Å². The van der Waals surface area contributed by atoms with E-state index in [1.165, 1.54) is 6.21 Å². The lowest BCUT2D eigenvalue weighted by molar-refractivity contribution is 0.249. The van der Waals surface area contributed by atoms with Gasteiger partial charge in [0.05, 0.1) is 24.0 Å². The van der Waals surface area contributed by atoms with Gasteiger partial charge in [-0.2, -0.15) is 10.2 Å². The SMILES string of the molecule is Cc1nn(Cc2c(Cl)cccc2Cl)c(Cl)c1/C=N\NC(N)=O. The molecule has 1 aromatic heterocycles. The zero-order valence-electron chi connectivity index (χ0n) is 11.5. The number of hydrogen-bond donors (Lipinski definition) is 2. The highest BCUT2D eigenvalue weighted by atomic mass is 35.5. The van der Waals surface area contributed by atoms with Crippen molar-refractivity contribution in [2.75, 3.05) is 0 Å². The van der Waals surface area contributed by atoms with Crippen LogP contribution >= 0.6 is 34.8 Å². The van der Waals surface area contributed by atoms with Crippen LogP contribution < -0.4 is 11.2 Å². The van der Waals surface area contributed by atoms with Crippen LogP contribution in [0.15, 0.2) is 23.3 Å². The molecule has 116 valence electrons. The number of aromatic nitrogens is 2. The second kappa shape index (κ2) is 7.00. The van der Waals surface area contributed by atoms with Gasteiger partial charge in [-0.1, -0.05) is 40.9 Å². The van der Waals surface area contributed by atoms with Gasteiger partial charge >= 0.3 is 6.03 Å². The first-order chi connectivity index (χ1) is 10.4. The van der Waals surface area contributed by atoms with E-state index in [1.807, 2.05) is 0 Å². The van der Waals surface area contributed by atoms with Crippen molar-refractivity contribution in [1.29, 1.82) is 0 Å². The topological polar surface area (TPSA) is 85.3 Å². The number of nitrogens with two attached hydrogens (primary N) is 1. The van der Waals surface area contributed by atoms with Gasteiger partial charge in [0.15, 0.2) is 0 Å². The van der Waals surface area contributed by atoms with Gasteiger partial charge in [0.1, 0.15) is 5.15 Å². The van der Waals surface area contributed by atoms with E-state index >= 15 is 0 Å². The lowest BCUT2D eigenvalue weighted by atomic mass is 10.2. The Morgan fingerprint density at radius 2 is 2.05 bits per heavy atom. The second-order valence-electron chi connectivity index (χ2n) is 4.38. The monoisotopic (exact) mass is 359 g/mol. The molecular weight excluding hydrogens is 349 g/mol. The predicted molar refractivity (Wildman–Crippen MR) is 87.9 cm³/mol.